The molecule has 0 amide bonds. The summed E-state index contributed by atoms with van der Waals surface area (Å²) < 4.78 is 62.7. The molecule has 0 N–H and O–H groups in total. The lowest BCUT2D eigenvalue weighted by atomic mass is 10.1. The normalized spacial score (nSPS) is 11.5. The monoisotopic (exact) mass is 520 g/mol. The first-order chi connectivity index (χ1) is 18.2. The zero-order chi connectivity index (χ0) is 26.9. The van der Waals surface area contributed by atoms with Gasteiger partial charge in [-0.05, 0) is 52.7 Å². The van der Waals surface area contributed by atoms with Crippen LogP contribution in [0.15, 0.2) is 94.1 Å². The molecular weight excluding hydrogens is 501 g/mol. The molecule has 0 fully saturated rings. The van der Waals surface area contributed by atoms with Crippen molar-refractivity contribution >= 4 is 27.7 Å². The summed E-state index contributed by atoms with van der Waals surface area (Å²) in [4.78, 5) is 24.7. The third kappa shape index (κ3) is 5.04. The first-order valence-corrected chi connectivity index (χ1v) is 11.4. The largest absolute Gasteiger partial charge is 0.489 e. The van der Waals surface area contributed by atoms with Gasteiger partial charge < -0.3 is 18.6 Å². The smallest absolute Gasteiger partial charge is 0.453 e. The zero-order valence-corrected chi connectivity index (χ0v) is 19.9. The van der Waals surface area contributed by atoms with Crippen molar-refractivity contribution in [3.63, 3.8) is 0 Å². The van der Waals surface area contributed by atoms with Crippen molar-refractivity contribution in [2.75, 3.05) is 7.11 Å². The van der Waals surface area contributed by atoms with Crippen molar-refractivity contribution in [1.29, 1.82) is 0 Å². The minimum Gasteiger partial charge on any atom is -0.489 e. The van der Waals surface area contributed by atoms with Gasteiger partial charge in [-0.2, -0.15) is 13.2 Å². The SMILES string of the molecule is COC(=O)c1ccc(COc2ccc3c(=O)c(Oc4ccc5ccccc5c4)c(C(F)(F)F)oc3c2)cc1. The van der Waals surface area contributed by atoms with Crippen LogP contribution in [0.2, 0.25) is 0 Å². The van der Waals surface area contributed by atoms with Crippen LogP contribution in [-0.2, 0) is 17.5 Å². The van der Waals surface area contributed by atoms with E-state index in [9.17, 15) is 22.8 Å². The summed E-state index contributed by atoms with van der Waals surface area (Å²) in [6.07, 6.45) is -4.99. The van der Waals surface area contributed by atoms with Crippen molar-refractivity contribution in [2.24, 2.45) is 0 Å². The maximum Gasteiger partial charge on any atom is 0.453 e. The van der Waals surface area contributed by atoms with Crippen LogP contribution >= 0.6 is 0 Å². The molecule has 0 aliphatic rings. The van der Waals surface area contributed by atoms with Crippen LogP contribution in [0.25, 0.3) is 21.7 Å². The average Bonchev–Trinajstić information content (AvgIpc) is 2.92. The molecule has 6 nitrogen and oxygen atoms in total. The summed E-state index contributed by atoms with van der Waals surface area (Å²) in [7, 11) is 1.28. The number of rotatable bonds is 6. The van der Waals surface area contributed by atoms with Crippen molar-refractivity contribution in [1.82, 2.24) is 0 Å². The topological polar surface area (TPSA) is 75.0 Å². The van der Waals surface area contributed by atoms with Gasteiger partial charge in [-0.3, -0.25) is 4.79 Å². The quantitative estimate of drug-likeness (QED) is 0.222. The summed E-state index contributed by atoms with van der Waals surface area (Å²) in [6, 6.07) is 22.4. The van der Waals surface area contributed by atoms with E-state index in [2.05, 4.69) is 4.74 Å². The molecule has 0 saturated carbocycles. The highest BCUT2D eigenvalue weighted by Gasteiger charge is 2.40. The molecule has 0 atom stereocenters. The molecule has 5 aromatic rings. The Morgan fingerprint density at radius 2 is 1.58 bits per heavy atom. The van der Waals surface area contributed by atoms with Gasteiger partial charge >= 0.3 is 12.1 Å². The second kappa shape index (κ2) is 9.93. The third-order valence-corrected chi connectivity index (χ3v) is 5.80. The lowest BCUT2D eigenvalue weighted by Gasteiger charge is -2.14. The van der Waals surface area contributed by atoms with Crippen molar-refractivity contribution in [3.05, 3.63) is 112 Å². The first kappa shape index (κ1) is 24.9. The minimum absolute atomic E-state index is 0.0620. The predicted molar refractivity (Wildman–Crippen MR) is 134 cm³/mol. The van der Waals surface area contributed by atoms with Gasteiger partial charge in [0.1, 0.15) is 23.7 Å². The Hall–Kier alpha value is -4.79. The number of carbonyl (C=O) groups is 1. The molecule has 9 heteroatoms. The standard InChI is InChI=1S/C29H19F3O6/c1-35-28(34)19-8-6-17(7-9-19)16-36-21-12-13-23-24(15-21)38-27(29(30,31)32)26(25(23)33)37-22-11-10-18-4-2-3-5-20(18)14-22/h2-15H,16H2,1H3. The van der Waals surface area contributed by atoms with Crippen LogP contribution in [0.4, 0.5) is 13.2 Å². The molecule has 0 spiro atoms. The van der Waals surface area contributed by atoms with E-state index in [1.807, 2.05) is 12.1 Å². The van der Waals surface area contributed by atoms with Gasteiger partial charge in [0.05, 0.1) is 18.1 Å². The van der Waals surface area contributed by atoms with E-state index < -0.39 is 29.1 Å². The van der Waals surface area contributed by atoms with E-state index in [0.29, 0.717) is 11.1 Å². The fourth-order valence-corrected chi connectivity index (χ4v) is 3.90. The molecule has 1 aromatic heterocycles. The Labute approximate surface area is 213 Å². The number of hydrogen-bond donors (Lipinski definition) is 0. The summed E-state index contributed by atoms with van der Waals surface area (Å²) in [5, 5.41) is 1.52. The molecule has 192 valence electrons. The van der Waals surface area contributed by atoms with Crippen molar-refractivity contribution < 1.29 is 36.6 Å². The number of carbonyl (C=O) groups excluding carboxylic acids is 1. The Morgan fingerprint density at radius 1 is 0.868 bits per heavy atom. The van der Waals surface area contributed by atoms with Crippen LogP contribution in [0.1, 0.15) is 21.7 Å². The van der Waals surface area contributed by atoms with E-state index in [4.69, 9.17) is 13.9 Å². The number of methoxy groups -OCH3 is 1. The lowest BCUT2D eigenvalue weighted by Crippen LogP contribution is -2.15. The minimum atomic E-state index is -4.99. The van der Waals surface area contributed by atoms with Gasteiger partial charge in [-0.1, -0.05) is 42.5 Å². The Bertz CT molecular complexity index is 1700. The number of fused-ring (bicyclic) bond motifs is 2. The van der Waals surface area contributed by atoms with E-state index in [1.54, 1.807) is 48.5 Å². The average molecular weight is 520 g/mol. The Balaban J connectivity index is 1.45. The summed E-state index contributed by atoms with van der Waals surface area (Å²) in [5.74, 6) is -2.71. The number of esters is 1. The van der Waals surface area contributed by atoms with Gasteiger partial charge in [0.25, 0.3) is 5.76 Å². The number of alkyl halides is 3. The van der Waals surface area contributed by atoms with E-state index in [1.165, 1.54) is 31.4 Å². The summed E-state index contributed by atoms with van der Waals surface area (Å²) >= 11 is 0. The highest BCUT2D eigenvalue weighted by molar-refractivity contribution is 5.89. The van der Waals surface area contributed by atoms with E-state index >= 15 is 0 Å². The molecule has 0 aliphatic heterocycles. The summed E-state index contributed by atoms with van der Waals surface area (Å²) in [6.45, 7) is 0.0620. The maximum absolute atomic E-state index is 13.9. The number of ether oxygens (including phenoxy) is 3. The fourth-order valence-electron chi connectivity index (χ4n) is 3.90. The number of benzene rings is 4. The molecular formula is C29H19F3O6. The number of hydrogen-bond acceptors (Lipinski definition) is 6. The molecule has 4 aromatic carbocycles. The molecule has 0 bridgehead atoms. The lowest BCUT2D eigenvalue weighted by molar-refractivity contribution is -0.154. The van der Waals surface area contributed by atoms with Gasteiger partial charge in [0, 0.05) is 6.07 Å². The second-order valence-electron chi connectivity index (χ2n) is 8.33. The van der Waals surface area contributed by atoms with Crippen LogP contribution in [0.5, 0.6) is 17.2 Å². The molecule has 0 aliphatic carbocycles. The molecule has 5 rings (SSSR count). The Morgan fingerprint density at radius 3 is 2.29 bits per heavy atom. The van der Waals surface area contributed by atoms with Crippen LogP contribution in [-0.4, -0.2) is 13.1 Å². The zero-order valence-electron chi connectivity index (χ0n) is 19.9. The predicted octanol–water partition coefficient (Wildman–Crippen LogP) is 7.12. The van der Waals surface area contributed by atoms with Crippen molar-refractivity contribution in [3.8, 4) is 17.2 Å². The molecule has 0 unspecified atom stereocenters. The molecule has 1 heterocycles. The molecule has 0 saturated heterocycles. The fraction of sp³-hybridized carbons (Fsp3) is 0.103. The first-order valence-electron chi connectivity index (χ1n) is 11.4. The Kier molecular flexibility index (Phi) is 6.50. The van der Waals surface area contributed by atoms with Gasteiger partial charge in [0.15, 0.2) is 0 Å². The van der Waals surface area contributed by atoms with Gasteiger partial charge in [0.2, 0.25) is 11.2 Å². The third-order valence-electron chi connectivity index (χ3n) is 5.80. The van der Waals surface area contributed by atoms with Gasteiger partial charge in [-0.25, -0.2) is 4.79 Å². The maximum atomic E-state index is 13.9. The van der Waals surface area contributed by atoms with E-state index in [0.717, 1.165) is 10.8 Å². The highest BCUT2D eigenvalue weighted by Crippen LogP contribution is 2.39. The summed E-state index contributed by atoms with van der Waals surface area (Å²) in [5.41, 5.74) is -0.192. The highest BCUT2D eigenvalue weighted by atomic mass is 19.4. The molecule has 38 heavy (non-hydrogen) atoms. The van der Waals surface area contributed by atoms with Crippen LogP contribution in [0.3, 0.4) is 0 Å². The second-order valence-corrected chi connectivity index (χ2v) is 8.33. The van der Waals surface area contributed by atoms with Crippen molar-refractivity contribution in [2.45, 2.75) is 12.8 Å². The van der Waals surface area contributed by atoms with Crippen LogP contribution in [0, 0.1) is 0 Å². The van der Waals surface area contributed by atoms with Crippen LogP contribution < -0.4 is 14.9 Å². The number of halogens is 3. The van der Waals surface area contributed by atoms with E-state index in [-0.39, 0.29) is 29.1 Å². The molecule has 0 radical (unpaired) electrons. The van der Waals surface area contributed by atoms with Gasteiger partial charge in [-0.15, -0.1) is 0 Å².